The van der Waals surface area contributed by atoms with Gasteiger partial charge in [-0.3, -0.25) is 0 Å². The van der Waals surface area contributed by atoms with Gasteiger partial charge >= 0.3 is 0 Å². The average molecular weight is 250 g/mol. The molecule has 0 spiro atoms. The Hall–Kier alpha value is -1.46. The summed E-state index contributed by atoms with van der Waals surface area (Å²) in [5.74, 6) is 0.782. The molecule has 6 heteroatoms. The van der Waals surface area contributed by atoms with Crippen molar-refractivity contribution in [3.63, 3.8) is 0 Å². The van der Waals surface area contributed by atoms with Crippen LogP contribution in [0.1, 0.15) is 18.7 Å². The van der Waals surface area contributed by atoms with E-state index in [-0.39, 0.29) is 0 Å². The molecule has 1 aromatic carbocycles. The summed E-state index contributed by atoms with van der Waals surface area (Å²) in [5, 5.41) is 15.7. The summed E-state index contributed by atoms with van der Waals surface area (Å²) in [6, 6.07) is 8.17. The Morgan fingerprint density at radius 1 is 1.35 bits per heavy atom. The third-order valence-corrected chi connectivity index (χ3v) is 3.06. The molecule has 1 fully saturated rings. The van der Waals surface area contributed by atoms with Crippen molar-refractivity contribution < 1.29 is 0 Å². The largest absolute Gasteiger partial charge is 0.307 e. The molecule has 1 aliphatic carbocycles. The van der Waals surface area contributed by atoms with Gasteiger partial charge in [0.2, 0.25) is 0 Å². The van der Waals surface area contributed by atoms with E-state index >= 15 is 0 Å². The summed E-state index contributed by atoms with van der Waals surface area (Å²) in [4.78, 5) is 0. The van der Waals surface area contributed by atoms with E-state index in [2.05, 4.69) is 20.8 Å². The highest BCUT2D eigenvalue weighted by Crippen LogP contribution is 2.21. The zero-order valence-electron chi connectivity index (χ0n) is 9.17. The van der Waals surface area contributed by atoms with Gasteiger partial charge < -0.3 is 5.32 Å². The highest BCUT2D eigenvalue weighted by molar-refractivity contribution is 6.32. The third kappa shape index (κ3) is 2.30. The van der Waals surface area contributed by atoms with Gasteiger partial charge in [-0.1, -0.05) is 23.7 Å². The van der Waals surface area contributed by atoms with Gasteiger partial charge in [-0.2, -0.15) is 4.68 Å². The molecule has 2 aromatic rings. The smallest absolute Gasteiger partial charge is 0.170 e. The quantitative estimate of drug-likeness (QED) is 0.894. The van der Waals surface area contributed by atoms with Crippen LogP contribution in [0.15, 0.2) is 24.3 Å². The predicted octanol–water partition coefficient (Wildman–Crippen LogP) is 1.57. The lowest BCUT2D eigenvalue weighted by atomic mass is 10.3. The van der Waals surface area contributed by atoms with Crippen molar-refractivity contribution in [3.8, 4) is 5.69 Å². The molecular weight excluding hydrogens is 238 g/mol. The van der Waals surface area contributed by atoms with Crippen LogP contribution in [0.5, 0.6) is 0 Å². The monoisotopic (exact) mass is 249 g/mol. The summed E-state index contributed by atoms with van der Waals surface area (Å²) in [6.07, 6.45) is 2.49. The Morgan fingerprint density at radius 3 is 2.94 bits per heavy atom. The number of aromatic nitrogens is 4. The zero-order chi connectivity index (χ0) is 11.7. The number of hydrogen-bond acceptors (Lipinski definition) is 4. The highest BCUT2D eigenvalue weighted by Gasteiger charge is 2.21. The van der Waals surface area contributed by atoms with E-state index in [1.807, 2.05) is 24.3 Å². The lowest BCUT2D eigenvalue weighted by Crippen LogP contribution is -2.19. The first-order valence-electron chi connectivity index (χ1n) is 5.60. The normalized spacial score (nSPS) is 15.1. The number of benzene rings is 1. The van der Waals surface area contributed by atoms with Gasteiger partial charge in [0.1, 0.15) is 0 Å². The van der Waals surface area contributed by atoms with Crippen molar-refractivity contribution in [2.24, 2.45) is 0 Å². The van der Waals surface area contributed by atoms with Gasteiger partial charge in [0.05, 0.1) is 17.3 Å². The maximum Gasteiger partial charge on any atom is 0.170 e. The van der Waals surface area contributed by atoms with Crippen LogP contribution < -0.4 is 5.32 Å². The molecule has 88 valence electrons. The summed E-state index contributed by atoms with van der Waals surface area (Å²) in [6.45, 7) is 0.670. The molecule has 1 heterocycles. The number of halogens is 1. The van der Waals surface area contributed by atoms with Crippen LogP contribution in [-0.2, 0) is 6.54 Å². The second-order valence-corrected chi connectivity index (χ2v) is 4.52. The molecule has 1 N–H and O–H groups in total. The van der Waals surface area contributed by atoms with E-state index in [1.54, 1.807) is 4.68 Å². The second kappa shape index (κ2) is 4.43. The van der Waals surface area contributed by atoms with Crippen molar-refractivity contribution >= 4 is 11.6 Å². The van der Waals surface area contributed by atoms with Gasteiger partial charge in [-0.15, -0.1) is 5.10 Å². The van der Waals surface area contributed by atoms with Crippen LogP contribution in [0.2, 0.25) is 5.02 Å². The molecule has 0 amide bonds. The molecule has 0 atom stereocenters. The lowest BCUT2D eigenvalue weighted by molar-refractivity contribution is 0.638. The Bertz CT molecular complexity index is 520. The van der Waals surface area contributed by atoms with E-state index in [0.29, 0.717) is 17.6 Å². The van der Waals surface area contributed by atoms with Crippen molar-refractivity contribution in [1.29, 1.82) is 0 Å². The minimum absolute atomic E-state index is 0.631. The van der Waals surface area contributed by atoms with E-state index in [0.717, 1.165) is 11.5 Å². The van der Waals surface area contributed by atoms with Crippen LogP contribution in [-0.4, -0.2) is 26.2 Å². The first kappa shape index (κ1) is 10.7. The molecule has 0 saturated heterocycles. The van der Waals surface area contributed by atoms with Gasteiger partial charge in [0.15, 0.2) is 5.82 Å². The first-order chi connectivity index (χ1) is 8.34. The second-order valence-electron chi connectivity index (χ2n) is 4.11. The summed E-state index contributed by atoms with van der Waals surface area (Å²) in [7, 11) is 0. The van der Waals surface area contributed by atoms with Crippen LogP contribution in [0.3, 0.4) is 0 Å². The van der Waals surface area contributed by atoms with Crippen molar-refractivity contribution in [2.75, 3.05) is 0 Å². The number of para-hydroxylation sites is 1. The Balaban J connectivity index is 1.86. The number of hydrogen-bond donors (Lipinski definition) is 1. The van der Waals surface area contributed by atoms with E-state index in [4.69, 9.17) is 11.6 Å². The van der Waals surface area contributed by atoms with E-state index in [1.165, 1.54) is 12.8 Å². The predicted molar refractivity (Wildman–Crippen MR) is 64.0 cm³/mol. The van der Waals surface area contributed by atoms with Gasteiger partial charge in [-0.25, -0.2) is 0 Å². The molecule has 0 bridgehead atoms. The first-order valence-corrected chi connectivity index (χ1v) is 5.98. The van der Waals surface area contributed by atoms with Gasteiger partial charge in [0.25, 0.3) is 0 Å². The van der Waals surface area contributed by atoms with Crippen LogP contribution in [0.25, 0.3) is 5.69 Å². The number of tetrazole rings is 1. The topological polar surface area (TPSA) is 55.6 Å². The highest BCUT2D eigenvalue weighted by atomic mass is 35.5. The minimum atomic E-state index is 0.631. The molecular formula is C11H12ClN5. The molecule has 1 aromatic heterocycles. The van der Waals surface area contributed by atoms with Crippen molar-refractivity contribution in [1.82, 2.24) is 25.5 Å². The van der Waals surface area contributed by atoms with E-state index in [9.17, 15) is 0 Å². The van der Waals surface area contributed by atoms with Gasteiger partial charge in [-0.05, 0) is 35.4 Å². The maximum absolute atomic E-state index is 6.13. The maximum atomic E-state index is 6.13. The molecule has 1 aliphatic rings. The Labute approximate surface area is 104 Å². The summed E-state index contributed by atoms with van der Waals surface area (Å²) in [5.41, 5.74) is 0.812. The standard InChI is InChI=1S/C11H12ClN5/c12-9-3-1-2-4-10(9)17-11(14-15-16-17)7-13-8-5-6-8/h1-4,8,13H,5-7H2. The van der Waals surface area contributed by atoms with Crippen molar-refractivity contribution in [2.45, 2.75) is 25.4 Å². The van der Waals surface area contributed by atoms with Crippen LogP contribution in [0.4, 0.5) is 0 Å². The number of nitrogens with zero attached hydrogens (tertiary/aromatic N) is 4. The van der Waals surface area contributed by atoms with Crippen LogP contribution in [0, 0.1) is 0 Å². The average Bonchev–Trinajstić information content (AvgIpc) is 3.06. The molecule has 0 unspecified atom stereocenters. The SMILES string of the molecule is Clc1ccccc1-n1nnnc1CNC1CC1. The fraction of sp³-hybridized carbons (Fsp3) is 0.364. The molecule has 0 aliphatic heterocycles. The summed E-state index contributed by atoms with van der Waals surface area (Å²) < 4.78 is 1.68. The van der Waals surface area contributed by atoms with E-state index < -0.39 is 0 Å². The Kier molecular flexibility index (Phi) is 2.78. The molecule has 1 saturated carbocycles. The molecule has 3 rings (SSSR count). The van der Waals surface area contributed by atoms with Crippen molar-refractivity contribution in [3.05, 3.63) is 35.1 Å². The number of rotatable bonds is 4. The fourth-order valence-corrected chi connectivity index (χ4v) is 1.87. The molecule has 0 radical (unpaired) electrons. The van der Waals surface area contributed by atoms with Crippen LogP contribution >= 0.6 is 11.6 Å². The zero-order valence-corrected chi connectivity index (χ0v) is 9.93. The number of nitrogens with one attached hydrogen (secondary N) is 1. The Morgan fingerprint density at radius 2 is 2.18 bits per heavy atom. The molecule has 17 heavy (non-hydrogen) atoms. The fourth-order valence-electron chi connectivity index (χ4n) is 1.65. The van der Waals surface area contributed by atoms with Gasteiger partial charge in [0, 0.05) is 6.04 Å². The summed E-state index contributed by atoms with van der Waals surface area (Å²) >= 11 is 6.13. The molecule has 5 nitrogen and oxygen atoms in total. The lowest BCUT2D eigenvalue weighted by Gasteiger charge is -2.06. The third-order valence-electron chi connectivity index (χ3n) is 2.74. The minimum Gasteiger partial charge on any atom is -0.307 e.